The predicted molar refractivity (Wildman–Crippen MR) is 65.6 cm³/mol. The number of aliphatic carboxylic acids is 1. The second-order valence-corrected chi connectivity index (χ2v) is 5.05. The Hall–Kier alpha value is -0.770. The van der Waals surface area contributed by atoms with Crippen LogP contribution >= 0.6 is 0 Å². The van der Waals surface area contributed by atoms with E-state index in [1.54, 1.807) is 0 Å². The molecule has 1 aliphatic rings. The van der Waals surface area contributed by atoms with Crippen LogP contribution in [0.3, 0.4) is 0 Å². The number of rotatable bonds is 7. The minimum atomic E-state index is -1.58. The van der Waals surface area contributed by atoms with E-state index in [-0.39, 0.29) is 19.3 Å². The summed E-state index contributed by atoms with van der Waals surface area (Å²) in [5.41, 5.74) is 0. The van der Waals surface area contributed by atoms with Gasteiger partial charge in [-0.15, -0.1) is 0 Å². The predicted octanol–water partition coefficient (Wildman–Crippen LogP) is -1.82. The Morgan fingerprint density at radius 2 is 1.70 bits per heavy atom. The van der Waals surface area contributed by atoms with Gasteiger partial charge in [-0.1, -0.05) is 0 Å². The standard InChI is InChI=1S/C12H22O8/c13-6(2-1-3-8(14)15)4-5-7-9(16)10(17)11(18)12(19)20-7/h6-7,9-13,16-19H,1-5H2,(H,14,15)/t6?,7-,9+,10+,11-,12+/m1/s1. The molecule has 0 aliphatic carbocycles. The van der Waals surface area contributed by atoms with Gasteiger partial charge in [0.1, 0.15) is 18.3 Å². The number of aliphatic hydroxyl groups excluding tert-OH is 5. The largest absolute Gasteiger partial charge is 0.481 e. The van der Waals surface area contributed by atoms with Gasteiger partial charge in [0.15, 0.2) is 6.29 Å². The molecule has 8 heteroatoms. The Balaban J connectivity index is 2.31. The summed E-state index contributed by atoms with van der Waals surface area (Å²) < 4.78 is 4.96. The van der Waals surface area contributed by atoms with Gasteiger partial charge < -0.3 is 35.4 Å². The SMILES string of the molecule is O=C(O)CCCC(O)CC[C@H]1O[C@H](O)[C@H](O)[C@@H](O)[C@H]1O. The second kappa shape index (κ2) is 7.87. The van der Waals surface area contributed by atoms with Gasteiger partial charge >= 0.3 is 5.97 Å². The Morgan fingerprint density at radius 1 is 1.05 bits per heavy atom. The Morgan fingerprint density at radius 3 is 2.30 bits per heavy atom. The molecule has 0 aromatic heterocycles. The smallest absolute Gasteiger partial charge is 0.303 e. The van der Waals surface area contributed by atoms with Crippen molar-refractivity contribution in [1.29, 1.82) is 0 Å². The van der Waals surface area contributed by atoms with E-state index in [2.05, 4.69) is 0 Å². The minimum Gasteiger partial charge on any atom is -0.481 e. The lowest BCUT2D eigenvalue weighted by Crippen LogP contribution is -2.57. The van der Waals surface area contributed by atoms with Crippen LogP contribution in [-0.4, -0.2) is 73.4 Å². The molecule has 1 saturated heterocycles. The van der Waals surface area contributed by atoms with Crippen LogP contribution in [0.5, 0.6) is 0 Å². The third-order valence-electron chi connectivity index (χ3n) is 3.40. The molecule has 0 amide bonds. The van der Waals surface area contributed by atoms with E-state index in [0.717, 1.165) is 0 Å². The van der Waals surface area contributed by atoms with Crippen LogP contribution in [0, 0.1) is 0 Å². The van der Waals surface area contributed by atoms with Crippen molar-refractivity contribution >= 4 is 5.97 Å². The number of ether oxygens (including phenoxy) is 1. The monoisotopic (exact) mass is 294 g/mol. The van der Waals surface area contributed by atoms with E-state index in [4.69, 9.17) is 9.84 Å². The normalized spacial score (nSPS) is 35.8. The first-order valence-corrected chi connectivity index (χ1v) is 6.60. The van der Waals surface area contributed by atoms with Gasteiger partial charge in [-0.3, -0.25) is 4.79 Å². The molecule has 20 heavy (non-hydrogen) atoms. The Labute approximate surface area is 116 Å². The molecule has 0 aromatic carbocycles. The molecule has 0 spiro atoms. The first-order valence-electron chi connectivity index (χ1n) is 6.60. The van der Waals surface area contributed by atoms with E-state index in [1.165, 1.54) is 0 Å². The quantitative estimate of drug-likeness (QED) is 0.322. The lowest BCUT2D eigenvalue weighted by atomic mass is 9.94. The zero-order chi connectivity index (χ0) is 15.3. The number of hydrogen-bond acceptors (Lipinski definition) is 7. The van der Waals surface area contributed by atoms with Gasteiger partial charge in [-0.25, -0.2) is 0 Å². The lowest BCUT2D eigenvalue weighted by molar-refractivity contribution is -0.283. The van der Waals surface area contributed by atoms with Crippen LogP contribution in [0.2, 0.25) is 0 Å². The molecule has 6 N–H and O–H groups in total. The van der Waals surface area contributed by atoms with Crippen LogP contribution in [0.15, 0.2) is 0 Å². The molecule has 1 rings (SSSR count). The zero-order valence-electron chi connectivity index (χ0n) is 11.0. The van der Waals surface area contributed by atoms with Gasteiger partial charge in [-0.05, 0) is 25.7 Å². The maximum atomic E-state index is 10.3. The molecule has 0 bridgehead atoms. The van der Waals surface area contributed by atoms with Crippen LogP contribution in [0.4, 0.5) is 0 Å². The first kappa shape index (κ1) is 17.3. The van der Waals surface area contributed by atoms with Crippen LogP contribution in [-0.2, 0) is 9.53 Å². The van der Waals surface area contributed by atoms with Crippen molar-refractivity contribution < 1.29 is 40.2 Å². The molecule has 0 saturated carbocycles. The summed E-state index contributed by atoms with van der Waals surface area (Å²) in [5.74, 6) is -0.927. The molecular weight excluding hydrogens is 272 g/mol. The summed E-state index contributed by atoms with van der Waals surface area (Å²) in [5, 5.41) is 55.9. The maximum absolute atomic E-state index is 10.3. The van der Waals surface area contributed by atoms with Gasteiger partial charge in [0.2, 0.25) is 0 Å². The fourth-order valence-electron chi connectivity index (χ4n) is 2.16. The van der Waals surface area contributed by atoms with Gasteiger partial charge in [0.25, 0.3) is 0 Å². The van der Waals surface area contributed by atoms with E-state index in [1.807, 2.05) is 0 Å². The third-order valence-corrected chi connectivity index (χ3v) is 3.40. The van der Waals surface area contributed by atoms with E-state index in [9.17, 15) is 30.3 Å². The van der Waals surface area contributed by atoms with Crippen molar-refractivity contribution in [3.8, 4) is 0 Å². The van der Waals surface area contributed by atoms with Crippen molar-refractivity contribution in [2.45, 2.75) is 68.9 Å². The lowest BCUT2D eigenvalue weighted by Gasteiger charge is -2.38. The molecule has 118 valence electrons. The molecule has 1 aliphatic heterocycles. The summed E-state index contributed by atoms with van der Waals surface area (Å²) in [7, 11) is 0. The highest BCUT2D eigenvalue weighted by atomic mass is 16.6. The van der Waals surface area contributed by atoms with Crippen molar-refractivity contribution in [1.82, 2.24) is 0 Å². The fourth-order valence-corrected chi connectivity index (χ4v) is 2.16. The molecule has 1 unspecified atom stereocenters. The zero-order valence-corrected chi connectivity index (χ0v) is 11.0. The van der Waals surface area contributed by atoms with Crippen molar-refractivity contribution in [3.63, 3.8) is 0 Å². The maximum Gasteiger partial charge on any atom is 0.303 e. The average molecular weight is 294 g/mol. The molecular formula is C12H22O8. The number of aliphatic hydroxyl groups is 5. The molecule has 6 atom stereocenters. The van der Waals surface area contributed by atoms with Crippen molar-refractivity contribution in [3.05, 3.63) is 0 Å². The highest BCUT2D eigenvalue weighted by Gasteiger charge is 2.42. The van der Waals surface area contributed by atoms with E-state index >= 15 is 0 Å². The summed E-state index contributed by atoms with van der Waals surface area (Å²) in [6.07, 6.45) is -6.60. The summed E-state index contributed by atoms with van der Waals surface area (Å²) in [6.45, 7) is 0. The number of carbonyl (C=O) groups is 1. The summed E-state index contributed by atoms with van der Waals surface area (Å²) >= 11 is 0. The topological polar surface area (TPSA) is 148 Å². The number of hydrogen-bond donors (Lipinski definition) is 6. The average Bonchev–Trinajstić information content (AvgIpc) is 2.38. The van der Waals surface area contributed by atoms with E-state index < -0.39 is 42.8 Å². The third kappa shape index (κ3) is 4.97. The summed E-state index contributed by atoms with van der Waals surface area (Å²) in [4.78, 5) is 10.3. The van der Waals surface area contributed by atoms with Crippen molar-refractivity contribution in [2.24, 2.45) is 0 Å². The number of carboxylic acids is 1. The van der Waals surface area contributed by atoms with Crippen LogP contribution in [0.1, 0.15) is 32.1 Å². The number of carboxylic acid groups (broad SMARTS) is 1. The fraction of sp³-hybridized carbons (Fsp3) is 0.917. The van der Waals surface area contributed by atoms with Crippen LogP contribution in [0.25, 0.3) is 0 Å². The second-order valence-electron chi connectivity index (χ2n) is 5.05. The first-order chi connectivity index (χ1) is 9.32. The van der Waals surface area contributed by atoms with Gasteiger partial charge in [0, 0.05) is 6.42 Å². The summed E-state index contributed by atoms with van der Waals surface area (Å²) in [6, 6.07) is 0. The van der Waals surface area contributed by atoms with Gasteiger partial charge in [-0.2, -0.15) is 0 Å². The molecule has 0 aromatic rings. The molecule has 8 nitrogen and oxygen atoms in total. The molecule has 1 heterocycles. The molecule has 1 fully saturated rings. The van der Waals surface area contributed by atoms with E-state index in [0.29, 0.717) is 12.8 Å². The highest BCUT2D eigenvalue weighted by molar-refractivity contribution is 5.66. The Kier molecular flexibility index (Phi) is 6.80. The minimum absolute atomic E-state index is 0.0246. The Bertz CT molecular complexity index is 310. The van der Waals surface area contributed by atoms with Gasteiger partial charge in [0.05, 0.1) is 12.2 Å². The van der Waals surface area contributed by atoms with Crippen molar-refractivity contribution in [2.75, 3.05) is 0 Å². The highest BCUT2D eigenvalue weighted by Crippen LogP contribution is 2.23. The van der Waals surface area contributed by atoms with Crippen LogP contribution < -0.4 is 0 Å². The molecule has 0 radical (unpaired) electrons.